The third-order valence-corrected chi connectivity index (χ3v) is 3.65. The van der Waals surface area contributed by atoms with Gasteiger partial charge in [-0.25, -0.2) is 4.39 Å². The lowest BCUT2D eigenvalue weighted by molar-refractivity contribution is -0.137. The standard InChI is InChI=1S/C14H16F4N2O/c1-8-4-12(19)2-3-20(8)13(21)9-5-10(14(16,17)18)7-11(15)6-9/h5-8,12H,2-4,19H2,1H3/t8-,12+/m1/s1. The predicted octanol–water partition coefficient (Wildman–Crippen LogP) is 2.80. The number of hydrogen-bond donors (Lipinski definition) is 1. The molecule has 0 aliphatic carbocycles. The zero-order valence-electron chi connectivity index (χ0n) is 11.5. The summed E-state index contributed by atoms with van der Waals surface area (Å²) >= 11 is 0. The van der Waals surface area contributed by atoms with Gasteiger partial charge in [-0.3, -0.25) is 4.79 Å². The molecule has 0 saturated carbocycles. The summed E-state index contributed by atoms with van der Waals surface area (Å²) in [4.78, 5) is 13.7. The number of rotatable bonds is 1. The predicted molar refractivity (Wildman–Crippen MR) is 69.1 cm³/mol. The largest absolute Gasteiger partial charge is 0.416 e. The summed E-state index contributed by atoms with van der Waals surface area (Å²) in [6.07, 6.45) is -3.53. The molecule has 2 rings (SSSR count). The summed E-state index contributed by atoms with van der Waals surface area (Å²) in [5.74, 6) is -1.67. The van der Waals surface area contributed by atoms with Gasteiger partial charge in [-0.05, 0) is 38.0 Å². The number of likely N-dealkylation sites (tertiary alicyclic amines) is 1. The molecule has 1 heterocycles. The fourth-order valence-corrected chi connectivity index (χ4v) is 2.55. The van der Waals surface area contributed by atoms with E-state index in [4.69, 9.17) is 5.73 Å². The van der Waals surface area contributed by atoms with Crippen LogP contribution in [0.4, 0.5) is 17.6 Å². The molecule has 116 valence electrons. The van der Waals surface area contributed by atoms with Crippen molar-refractivity contribution in [3.63, 3.8) is 0 Å². The lowest BCUT2D eigenvalue weighted by atomic mass is 9.98. The van der Waals surface area contributed by atoms with Crippen molar-refractivity contribution in [2.75, 3.05) is 6.54 Å². The number of halogens is 4. The smallest absolute Gasteiger partial charge is 0.336 e. The maximum Gasteiger partial charge on any atom is 0.416 e. The van der Waals surface area contributed by atoms with Crippen LogP contribution in [0.3, 0.4) is 0 Å². The summed E-state index contributed by atoms with van der Waals surface area (Å²) in [6.45, 7) is 2.14. The zero-order chi connectivity index (χ0) is 15.8. The van der Waals surface area contributed by atoms with E-state index in [2.05, 4.69) is 0 Å². The highest BCUT2D eigenvalue weighted by Crippen LogP contribution is 2.31. The van der Waals surface area contributed by atoms with Gasteiger partial charge in [-0.1, -0.05) is 0 Å². The van der Waals surface area contributed by atoms with Crippen molar-refractivity contribution in [3.8, 4) is 0 Å². The molecule has 1 saturated heterocycles. The van der Waals surface area contributed by atoms with Crippen molar-refractivity contribution in [3.05, 3.63) is 35.1 Å². The van der Waals surface area contributed by atoms with E-state index in [1.807, 2.05) is 0 Å². The van der Waals surface area contributed by atoms with Gasteiger partial charge in [0.05, 0.1) is 5.56 Å². The van der Waals surface area contributed by atoms with Crippen LogP contribution in [0.2, 0.25) is 0 Å². The lowest BCUT2D eigenvalue weighted by Crippen LogP contribution is -2.48. The molecule has 2 N–H and O–H groups in total. The van der Waals surface area contributed by atoms with Gasteiger partial charge in [0.15, 0.2) is 0 Å². The molecule has 1 aromatic carbocycles. The highest BCUT2D eigenvalue weighted by Gasteiger charge is 2.33. The Labute approximate surface area is 119 Å². The molecule has 1 aliphatic rings. The fourth-order valence-electron chi connectivity index (χ4n) is 2.55. The lowest BCUT2D eigenvalue weighted by Gasteiger charge is -2.36. The first-order valence-corrected chi connectivity index (χ1v) is 6.63. The van der Waals surface area contributed by atoms with Crippen molar-refractivity contribution >= 4 is 5.91 Å². The van der Waals surface area contributed by atoms with Crippen LogP contribution >= 0.6 is 0 Å². The molecule has 1 fully saturated rings. The summed E-state index contributed by atoms with van der Waals surface area (Å²) < 4.78 is 51.4. The molecule has 1 amide bonds. The molecule has 3 nitrogen and oxygen atoms in total. The second-order valence-corrected chi connectivity index (χ2v) is 5.36. The van der Waals surface area contributed by atoms with E-state index in [1.54, 1.807) is 6.92 Å². The van der Waals surface area contributed by atoms with Crippen molar-refractivity contribution < 1.29 is 22.4 Å². The number of carbonyl (C=O) groups excluding carboxylic acids is 1. The molecule has 7 heteroatoms. The number of piperidine rings is 1. The minimum Gasteiger partial charge on any atom is -0.336 e. The number of carbonyl (C=O) groups is 1. The molecular weight excluding hydrogens is 288 g/mol. The summed E-state index contributed by atoms with van der Waals surface area (Å²) in [5, 5.41) is 0. The van der Waals surface area contributed by atoms with Gasteiger partial charge in [-0.15, -0.1) is 0 Å². The molecule has 1 aromatic rings. The maximum absolute atomic E-state index is 13.4. The van der Waals surface area contributed by atoms with Gasteiger partial charge in [0.2, 0.25) is 0 Å². The van der Waals surface area contributed by atoms with Gasteiger partial charge in [0.1, 0.15) is 5.82 Å². The number of alkyl halides is 3. The Morgan fingerprint density at radius 3 is 2.57 bits per heavy atom. The second-order valence-electron chi connectivity index (χ2n) is 5.36. The maximum atomic E-state index is 13.4. The Hall–Kier alpha value is -1.63. The van der Waals surface area contributed by atoms with Crippen LogP contribution in [0.15, 0.2) is 18.2 Å². The Balaban J connectivity index is 2.29. The fraction of sp³-hybridized carbons (Fsp3) is 0.500. The molecule has 2 atom stereocenters. The Morgan fingerprint density at radius 1 is 1.33 bits per heavy atom. The molecule has 0 unspecified atom stereocenters. The van der Waals surface area contributed by atoms with Crippen LogP contribution in [0.5, 0.6) is 0 Å². The first-order chi connectivity index (χ1) is 9.68. The van der Waals surface area contributed by atoms with Crippen LogP contribution in [0.1, 0.15) is 35.7 Å². The third-order valence-electron chi connectivity index (χ3n) is 3.65. The normalized spacial score (nSPS) is 23.2. The molecule has 0 spiro atoms. The van der Waals surface area contributed by atoms with Crippen LogP contribution in [0.25, 0.3) is 0 Å². The topological polar surface area (TPSA) is 46.3 Å². The van der Waals surface area contributed by atoms with Crippen molar-refractivity contribution in [2.45, 2.75) is 38.0 Å². The zero-order valence-corrected chi connectivity index (χ0v) is 11.5. The van der Waals surface area contributed by atoms with E-state index in [1.165, 1.54) is 4.90 Å². The van der Waals surface area contributed by atoms with E-state index in [9.17, 15) is 22.4 Å². The number of nitrogens with zero attached hydrogens (tertiary/aromatic N) is 1. The van der Waals surface area contributed by atoms with Crippen LogP contribution in [0, 0.1) is 5.82 Å². The Bertz CT molecular complexity index is 544. The van der Waals surface area contributed by atoms with Gasteiger partial charge >= 0.3 is 6.18 Å². The van der Waals surface area contributed by atoms with Gasteiger partial charge < -0.3 is 10.6 Å². The van der Waals surface area contributed by atoms with E-state index in [0.717, 1.165) is 6.07 Å². The Morgan fingerprint density at radius 2 is 2.00 bits per heavy atom. The minimum atomic E-state index is -4.69. The van der Waals surface area contributed by atoms with Gasteiger partial charge in [0, 0.05) is 24.2 Å². The number of hydrogen-bond acceptors (Lipinski definition) is 2. The van der Waals surface area contributed by atoms with Crippen molar-refractivity contribution in [1.82, 2.24) is 4.90 Å². The molecule has 0 bridgehead atoms. The molecular formula is C14H16F4N2O. The summed E-state index contributed by atoms with van der Waals surface area (Å²) in [6, 6.07) is 1.69. The van der Waals surface area contributed by atoms with Crippen LogP contribution < -0.4 is 5.73 Å². The van der Waals surface area contributed by atoms with E-state index >= 15 is 0 Å². The van der Waals surface area contributed by atoms with Gasteiger partial charge in [-0.2, -0.15) is 13.2 Å². The monoisotopic (exact) mass is 304 g/mol. The molecule has 0 radical (unpaired) electrons. The molecule has 0 aromatic heterocycles. The highest BCUT2D eigenvalue weighted by molar-refractivity contribution is 5.94. The quantitative estimate of drug-likeness (QED) is 0.811. The minimum absolute atomic E-state index is 0.0257. The average Bonchev–Trinajstić information content (AvgIpc) is 2.36. The first kappa shape index (κ1) is 15.8. The molecule has 21 heavy (non-hydrogen) atoms. The van der Waals surface area contributed by atoms with E-state index in [-0.39, 0.29) is 17.6 Å². The number of benzene rings is 1. The number of nitrogens with two attached hydrogens (primary N) is 1. The Kier molecular flexibility index (Phi) is 4.22. The second kappa shape index (κ2) is 5.63. The molecule has 1 aliphatic heterocycles. The van der Waals surface area contributed by atoms with Crippen LogP contribution in [-0.2, 0) is 6.18 Å². The SMILES string of the molecule is C[C@@H]1C[C@@H](N)CCN1C(=O)c1cc(F)cc(C(F)(F)F)c1. The van der Waals surface area contributed by atoms with Crippen LogP contribution in [-0.4, -0.2) is 29.4 Å². The van der Waals surface area contributed by atoms with Crippen molar-refractivity contribution in [2.24, 2.45) is 5.73 Å². The first-order valence-electron chi connectivity index (χ1n) is 6.63. The highest BCUT2D eigenvalue weighted by atomic mass is 19.4. The third kappa shape index (κ3) is 3.53. The van der Waals surface area contributed by atoms with E-state index in [0.29, 0.717) is 31.5 Å². The number of amides is 1. The average molecular weight is 304 g/mol. The van der Waals surface area contributed by atoms with Crippen molar-refractivity contribution in [1.29, 1.82) is 0 Å². The summed E-state index contributed by atoms with van der Waals surface area (Å²) in [5.41, 5.74) is 4.34. The van der Waals surface area contributed by atoms with Gasteiger partial charge in [0.25, 0.3) is 5.91 Å². The van der Waals surface area contributed by atoms with E-state index < -0.39 is 23.5 Å². The summed E-state index contributed by atoms with van der Waals surface area (Å²) in [7, 11) is 0.